The maximum atomic E-state index is 13.7. The first-order chi connectivity index (χ1) is 10.8. The average Bonchev–Trinajstić information content (AvgIpc) is 2.88. The van der Waals surface area contributed by atoms with Gasteiger partial charge in [0.05, 0.1) is 30.0 Å². The highest BCUT2D eigenvalue weighted by Crippen LogP contribution is 2.33. The summed E-state index contributed by atoms with van der Waals surface area (Å²) in [4.78, 5) is 14.1. The molecule has 0 radical (unpaired) electrons. The molecule has 1 N–H and O–H groups in total. The molecule has 1 saturated heterocycles. The number of carbonyl (C=O) groups is 1. The standard InChI is InChI=1S/C16H25F2N3O2/c1-4-14-13(7-19-21(14)8-11(2)3)15(23)20-6-5-16(17,18)12(9-20)10-22/h7,11-12,22H,4-6,8-10H2,1-3H3/t12-/m1/s1. The molecule has 1 atom stereocenters. The first-order valence-corrected chi connectivity index (χ1v) is 8.12. The zero-order valence-electron chi connectivity index (χ0n) is 13.9. The second-order valence-electron chi connectivity index (χ2n) is 6.58. The topological polar surface area (TPSA) is 58.4 Å². The van der Waals surface area contributed by atoms with Gasteiger partial charge in [-0.3, -0.25) is 9.48 Å². The summed E-state index contributed by atoms with van der Waals surface area (Å²) in [6.45, 7) is 6.06. The minimum Gasteiger partial charge on any atom is -0.396 e. The first kappa shape index (κ1) is 17.8. The number of alkyl halides is 2. The molecule has 0 aliphatic carbocycles. The smallest absolute Gasteiger partial charge is 0.257 e. The SMILES string of the molecule is CCc1c(C(=O)N2CCC(F)(F)[C@@H](CO)C2)cnn1CC(C)C. The Morgan fingerprint density at radius 3 is 2.78 bits per heavy atom. The van der Waals surface area contributed by atoms with Gasteiger partial charge in [-0.2, -0.15) is 5.10 Å². The molecule has 5 nitrogen and oxygen atoms in total. The van der Waals surface area contributed by atoms with Gasteiger partial charge >= 0.3 is 0 Å². The van der Waals surface area contributed by atoms with Crippen molar-refractivity contribution in [3.8, 4) is 0 Å². The lowest BCUT2D eigenvalue weighted by molar-refractivity contribution is -0.113. The van der Waals surface area contributed by atoms with E-state index in [1.165, 1.54) is 11.1 Å². The van der Waals surface area contributed by atoms with Gasteiger partial charge < -0.3 is 10.0 Å². The summed E-state index contributed by atoms with van der Waals surface area (Å²) in [6, 6.07) is 0. The molecular formula is C16H25F2N3O2. The van der Waals surface area contributed by atoms with Crippen molar-refractivity contribution in [2.24, 2.45) is 11.8 Å². The van der Waals surface area contributed by atoms with E-state index in [4.69, 9.17) is 5.11 Å². The summed E-state index contributed by atoms with van der Waals surface area (Å²) in [5.41, 5.74) is 1.32. The number of aliphatic hydroxyl groups excluding tert-OH is 1. The molecule has 1 aromatic heterocycles. The van der Waals surface area contributed by atoms with Crippen molar-refractivity contribution >= 4 is 5.91 Å². The quantitative estimate of drug-likeness (QED) is 0.901. The minimum atomic E-state index is -2.92. The molecule has 2 heterocycles. The average molecular weight is 329 g/mol. The zero-order chi connectivity index (χ0) is 17.2. The number of likely N-dealkylation sites (tertiary alicyclic amines) is 1. The van der Waals surface area contributed by atoms with Crippen molar-refractivity contribution in [2.75, 3.05) is 19.7 Å². The van der Waals surface area contributed by atoms with E-state index in [9.17, 15) is 13.6 Å². The molecule has 1 aliphatic rings. The number of piperidine rings is 1. The van der Waals surface area contributed by atoms with Gasteiger partial charge in [0, 0.05) is 26.1 Å². The zero-order valence-corrected chi connectivity index (χ0v) is 13.9. The predicted molar refractivity (Wildman–Crippen MR) is 82.5 cm³/mol. The van der Waals surface area contributed by atoms with Crippen LogP contribution in [0.4, 0.5) is 8.78 Å². The van der Waals surface area contributed by atoms with Crippen LogP contribution in [0.5, 0.6) is 0 Å². The van der Waals surface area contributed by atoms with E-state index in [0.29, 0.717) is 24.4 Å². The summed E-state index contributed by atoms with van der Waals surface area (Å²) in [5, 5.41) is 13.4. The van der Waals surface area contributed by atoms with Gasteiger partial charge in [-0.1, -0.05) is 20.8 Å². The highest BCUT2D eigenvalue weighted by Gasteiger charge is 2.45. The van der Waals surface area contributed by atoms with Crippen LogP contribution in [0.15, 0.2) is 6.20 Å². The lowest BCUT2D eigenvalue weighted by Gasteiger charge is -2.37. The van der Waals surface area contributed by atoms with Crippen LogP contribution < -0.4 is 0 Å². The summed E-state index contributed by atoms with van der Waals surface area (Å²) < 4.78 is 29.2. The fraction of sp³-hybridized carbons (Fsp3) is 0.750. The minimum absolute atomic E-state index is 0.000841. The van der Waals surface area contributed by atoms with Crippen molar-refractivity contribution in [2.45, 2.75) is 46.1 Å². The van der Waals surface area contributed by atoms with Crippen LogP contribution in [-0.4, -0.2) is 51.3 Å². The summed E-state index contributed by atoms with van der Waals surface area (Å²) in [7, 11) is 0. The molecule has 1 aliphatic heterocycles. The van der Waals surface area contributed by atoms with Gasteiger partial charge in [-0.05, 0) is 12.3 Å². The largest absolute Gasteiger partial charge is 0.396 e. The molecule has 0 bridgehead atoms. The van der Waals surface area contributed by atoms with E-state index >= 15 is 0 Å². The Morgan fingerprint density at radius 2 is 2.22 bits per heavy atom. The Morgan fingerprint density at radius 1 is 1.52 bits per heavy atom. The molecule has 1 aromatic rings. The third kappa shape index (κ3) is 3.71. The summed E-state index contributed by atoms with van der Waals surface area (Å²) in [5.74, 6) is -3.99. The Balaban J connectivity index is 2.19. The summed E-state index contributed by atoms with van der Waals surface area (Å²) in [6.07, 6.45) is 1.77. The molecule has 23 heavy (non-hydrogen) atoms. The Labute approximate surface area is 135 Å². The number of halogens is 2. The van der Waals surface area contributed by atoms with Crippen molar-refractivity contribution < 1.29 is 18.7 Å². The lowest BCUT2D eigenvalue weighted by atomic mass is 9.94. The number of hydrogen-bond donors (Lipinski definition) is 1. The first-order valence-electron chi connectivity index (χ1n) is 8.12. The Hall–Kier alpha value is -1.50. The van der Waals surface area contributed by atoms with E-state index in [-0.39, 0.29) is 19.0 Å². The maximum absolute atomic E-state index is 13.7. The number of amides is 1. The van der Waals surface area contributed by atoms with E-state index < -0.39 is 24.9 Å². The van der Waals surface area contributed by atoms with Gasteiger partial charge in [0.1, 0.15) is 0 Å². The highest BCUT2D eigenvalue weighted by molar-refractivity contribution is 5.95. The number of hydrogen-bond acceptors (Lipinski definition) is 3. The number of rotatable bonds is 5. The van der Waals surface area contributed by atoms with Crippen molar-refractivity contribution in [3.63, 3.8) is 0 Å². The van der Waals surface area contributed by atoms with Crippen LogP contribution in [0.25, 0.3) is 0 Å². The number of nitrogens with zero attached hydrogens (tertiary/aromatic N) is 3. The highest BCUT2D eigenvalue weighted by atomic mass is 19.3. The van der Waals surface area contributed by atoms with Crippen LogP contribution in [0.1, 0.15) is 43.2 Å². The molecule has 1 fully saturated rings. The Bertz CT molecular complexity index is 558. The molecule has 0 saturated carbocycles. The van der Waals surface area contributed by atoms with E-state index in [0.717, 1.165) is 5.69 Å². The number of carbonyl (C=O) groups excluding carboxylic acids is 1. The van der Waals surface area contributed by atoms with E-state index in [1.807, 2.05) is 11.6 Å². The molecule has 130 valence electrons. The van der Waals surface area contributed by atoms with Gasteiger partial charge in [0.2, 0.25) is 0 Å². The van der Waals surface area contributed by atoms with Gasteiger partial charge in [0.15, 0.2) is 0 Å². The van der Waals surface area contributed by atoms with Crippen LogP contribution in [0, 0.1) is 11.8 Å². The molecule has 0 aromatic carbocycles. The molecular weight excluding hydrogens is 304 g/mol. The van der Waals surface area contributed by atoms with Crippen LogP contribution in [0.2, 0.25) is 0 Å². The second-order valence-corrected chi connectivity index (χ2v) is 6.58. The molecule has 2 rings (SSSR count). The van der Waals surface area contributed by atoms with Gasteiger partial charge in [-0.25, -0.2) is 8.78 Å². The Kier molecular flexibility index (Phi) is 5.39. The molecule has 1 amide bonds. The number of aromatic nitrogens is 2. The fourth-order valence-corrected chi connectivity index (χ4v) is 2.99. The lowest BCUT2D eigenvalue weighted by Crippen LogP contribution is -2.50. The van der Waals surface area contributed by atoms with E-state index in [2.05, 4.69) is 18.9 Å². The molecule has 0 spiro atoms. The number of aliphatic hydroxyl groups is 1. The van der Waals surface area contributed by atoms with Crippen LogP contribution >= 0.6 is 0 Å². The van der Waals surface area contributed by atoms with Crippen molar-refractivity contribution in [3.05, 3.63) is 17.5 Å². The van der Waals surface area contributed by atoms with Crippen molar-refractivity contribution in [1.82, 2.24) is 14.7 Å². The molecule has 0 unspecified atom stereocenters. The van der Waals surface area contributed by atoms with E-state index in [1.54, 1.807) is 0 Å². The monoisotopic (exact) mass is 329 g/mol. The normalized spacial score (nSPS) is 21.0. The van der Waals surface area contributed by atoms with Crippen LogP contribution in [0.3, 0.4) is 0 Å². The van der Waals surface area contributed by atoms with Gasteiger partial charge in [0.25, 0.3) is 11.8 Å². The predicted octanol–water partition coefficient (Wildman–Crippen LogP) is 2.19. The second kappa shape index (κ2) is 6.95. The van der Waals surface area contributed by atoms with Crippen LogP contribution in [-0.2, 0) is 13.0 Å². The fourth-order valence-electron chi connectivity index (χ4n) is 2.99. The molecule has 7 heteroatoms. The summed E-state index contributed by atoms with van der Waals surface area (Å²) >= 11 is 0. The third-order valence-corrected chi connectivity index (χ3v) is 4.31. The third-order valence-electron chi connectivity index (χ3n) is 4.31. The van der Waals surface area contributed by atoms with Gasteiger partial charge in [-0.15, -0.1) is 0 Å². The van der Waals surface area contributed by atoms with Crippen molar-refractivity contribution in [1.29, 1.82) is 0 Å². The maximum Gasteiger partial charge on any atom is 0.257 e.